The van der Waals surface area contributed by atoms with Gasteiger partial charge in [0.1, 0.15) is 5.82 Å². The second-order valence-corrected chi connectivity index (χ2v) is 7.05. The molecular formula is C20H38IN5O2. The van der Waals surface area contributed by atoms with Crippen molar-refractivity contribution in [1.82, 2.24) is 20.2 Å². The Labute approximate surface area is 187 Å². The number of hydrogen-bond donors (Lipinski definition) is 2. The molecule has 2 rings (SSSR count). The number of rotatable bonds is 12. The molecule has 0 spiro atoms. The molecule has 162 valence electrons. The molecule has 28 heavy (non-hydrogen) atoms. The number of unbranched alkanes of at least 4 members (excludes halogenated alkanes) is 1. The first kappa shape index (κ1) is 25.2. The van der Waals surface area contributed by atoms with Gasteiger partial charge in [-0.15, -0.1) is 24.0 Å². The lowest BCUT2D eigenvalue weighted by Gasteiger charge is -2.21. The van der Waals surface area contributed by atoms with E-state index in [-0.39, 0.29) is 24.0 Å². The molecule has 1 aromatic heterocycles. The minimum absolute atomic E-state index is 0. The highest BCUT2D eigenvalue weighted by molar-refractivity contribution is 14.0. The zero-order chi connectivity index (χ0) is 19.2. The van der Waals surface area contributed by atoms with Crippen LogP contribution in [0.3, 0.4) is 0 Å². The number of ether oxygens (including phenoxy) is 2. The number of imidazole rings is 1. The first-order valence-corrected chi connectivity index (χ1v) is 10.4. The normalized spacial score (nSPS) is 15.3. The van der Waals surface area contributed by atoms with Gasteiger partial charge in [-0.25, -0.2) is 4.98 Å². The Morgan fingerprint density at radius 3 is 2.82 bits per heavy atom. The standard InChI is InChI=1S/C20H37N5O2.HI/c1-3-21-20(23-9-4-5-12-25-13-11-22-18(25)2)24-10-6-14-27-17-19-7-15-26-16-8-19;/h11,13,19H,3-10,12,14-17H2,1-2H3,(H2,21,23,24);1H. The summed E-state index contributed by atoms with van der Waals surface area (Å²) in [6, 6.07) is 0. The van der Waals surface area contributed by atoms with Crippen molar-refractivity contribution in [3.63, 3.8) is 0 Å². The van der Waals surface area contributed by atoms with Crippen LogP contribution < -0.4 is 10.6 Å². The lowest BCUT2D eigenvalue weighted by molar-refractivity contribution is 0.0205. The van der Waals surface area contributed by atoms with Gasteiger partial charge in [-0.3, -0.25) is 4.99 Å². The Bertz CT molecular complexity index is 532. The van der Waals surface area contributed by atoms with Crippen LogP contribution in [0.5, 0.6) is 0 Å². The number of hydrogen-bond acceptors (Lipinski definition) is 4. The Hall–Kier alpha value is -0.870. The molecule has 0 saturated carbocycles. The van der Waals surface area contributed by atoms with Gasteiger partial charge < -0.3 is 24.7 Å². The van der Waals surface area contributed by atoms with Crippen molar-refractivity contribution in [2.24, 2.45) is 10.9 Å². The Kier molecular flexibility index (Phi) is 14.4. The molecule has 1 aromatic rings. The van der Waals surface area contributed by atoms with E-state index in [4.69, 9.17) is 9.47 Å². The number of aliphatic imine (C=N–C) groups is 1. The predicted molar refractivity (Wildman–Crippen MR) is 125 cm³/mol. The summed E-state index contributed by atoms with van der Waals surface area (Å²) in [6.45, 7) is 11.2. The van der Waals surface area contributed by atoms with Gasteiger partial charge in [0.25, 0.3) is 0 Å². The minimum atomic E-state index is 0. The van der Waals surface area contributed by atoms with Gasteiger partial charge in [0.2, 0.25) is 0 Å². The van der Waals surface area contributed by atoms with Gasteiger partial charge in [0, 0.05) is 65.0 Å². The molecule has 8 heteroatoms. The van der Waals surface area contributed by atoms with E-state index in [1.807, 2.05) is 19.3 Å². The molecule has 1 fully saturated rings. The Morgan fingerprint density at radius 2 is 2.11 bits per heavy atom. The van der Waals surface area contributed by atoms with Crippen LogP contribution >= 0.6 is 24.0 Å². The van der Waals surface area contributed by atoms with Crippen molar-refractivity contribution in [3.05, 3.63) is 18.2 Å². The van der Waals surface area contributed by atoms with Crippen molar-refractivity contribution < 1.29 is 9.47 Å². The van der Waals surface area contributed by atoms with Gasteiger partial charge in [0.05, 0.1) is 0 Å². The topological polar surface area (TPSA) is 72.7 Å². The number of halogens is 1. The number of guanidine groups is 1. The lowest BCUT2D eigenvalue weighted by atomic mass is 10.0. The quantitative estimate of drug-likeness (QED) is 0.197. The summed E-state index contributed by atoms with van der Waals surface area (Å²) in [5.41, 5.74) is 0. The smallest absolute Gasteiger partial charge is 0.191 e. The van der Waals surface area contributed by atoms with Gasteiger partial charge in [-0.2, -0.15) is 0 Å². The van der Waals surface area contributed by atoms with Gasteiger partial charge >= 0.3 is 0 Å². The molecule has 0 radical (unpaired) electrons. The third kappa shape index (κ3) is 10.6. The zero-order valence-corrected chi connectivity index (χ0v) is 19.8. The molecule has 1 aliphatic rings. The van der Waals surface area contributed by atoms with Crippen LogP contribution in [0.4, 0.5) is 0 Å². The highest BCUT2D eigenvalue weighted by atomic mass is 127. The van der Waals surface area contributed by atoms with Gasteiger partial charge in [0.15, 0.2) is 5.96 Å². The van der Waals surface area contributed by atoms with Crippen LogP contribution in [0.2, 0.25) is 0 Å². The van der Waals surface area contributed by atoms with Gasteiger partial charge in [-0.1, -0.05) is 0 Å². The van der Waals surface area contributed by atoms with Crippen LogP contribution in [-0.2, 0) is 16.0 Å². The lowest BCUT2D eigenvalue weighted by Crippen LogP contribution is -2.38. The first-order chi connectivity index (χ1) is 13.3. The third-order valence-corrected chi connectivity index (χ3v) is 4.80. The average Bonchev–Trinajstić information content (AvgIpc) is 3.09. The van der Waals surface area contributed by atoms with Crippen molar-refractivity contribution >= 4 is 29.9 Å². The third-order valence-electron chi connectivity index (χ3n) is 4.80. The number of aryl methyl sites for hydroxylation is 2. The maximum atomic E-state index is 5.80. The summed E-state index contributed by atoms with van der Waals surface area (Å²) in [7, 11) is 0. The summed E-state index contributed by atoms with van der Waals surface area (Å²) < 4.78 is 13.4. The van der Waals surface area contributed by atoms with Crippen LogP contribution in [0.15, 0.2) is 17.4 Å². The van der Waals surface area contributed by atoms with E-state index in [0.717, 1.165) is 96.5 Å². The SMILES string of the molecule is CCNC(=NCCCOCC1CCOCC1)NCCCCn1ccnc1C.I. The summed E-state index contributed by atoms with van der Waals surface area (Å²) in [6.07, 6.45) is 9.36. The zero-order valence-electron chi connectivity index (χ0n) is 17.5. The molecular weight excluding hydrogens is 469 g/mol. The predicted octanol–water partition coefficient (Wildman–Crippen LogP) is 2.98. The monoisotopic (exact) mass is 507 g/mol. The summed E-state index contributed by atoms with van der Waals surface area (Å²) >= 11 is 0. The molecule has 2 N–H and O–H groups in total. The van der Waals surface area contributed by atoms with E-state index >= 15 is 0 Å². The van der Waals surface area contributed by atoms with Crippen molar-refractivity contribution in [2.75, 3.05) is 46.1 Å². The molecule has 0 unspecified atom stereocenters. The molecule has 0 bridgehead atoms. The Morgan fingerprint density at radius 1 is 1.29 bits per heavy atom. The van der Waals surface area contributed by atoms with Crippen molar-refractivity contribution in [2.45, 2.75) is 52.5 Å². The molecule has 7 nitrogen and oxygen atoms in total. The molecule has 1 aliphatic heterocycles. The molecule has 0 aromatic carbocycles. The van der Waals surface area contributed by atoms with E-state index < -0.39 is 0 Å². The average molecular weight is 507 g/mol. The molecule has 0 atom stereocenters. The second-order valence-electron chi connectivity index (χ2n) is 7.05. The maximum Gasteiger partial charge on any atom is 0.191 e. The van der Waals surface area contributed by atoms with E-state index in [1.54, 1.807) is 0 Å². The summed E-state index contributed by atoms with van der Waals surface area (Å²) in [5, 5.41) is 6.73. The van der Waals surface area contributed by atoms with Crippen LogP contribution in [0.25, 0.3) is 0 Å². The number of nitrogens with one attached hydrogen (secondary N) is 2. The van der Waals surface area contributed by atoms with E-state index in [0.29, 0.717) is 5.92 Å². The van der Waals surface area contributed by atoms with E-state index in [9.17, 15) is 0 Å². The summed E-state index contributed by atoms with van der Waals surface area (Å²) in [5.74, 6) is 2.66. The fourth-order valence-corrected chi connectivity index (χ4v) is 3.12. The van der Waals surface area contributed by atoms with E-state index in [2.05, 4.69) is 32.1 Å². The van der Waals surface area contributed by atoms with E-state index in [1.165, 1.54) is 0 Å². The van der Waals surface area contributed by atoms with Crippen LogP contribution in [0.1, 0.15) is 44.9 Å². The highest BCUT2D eigenvalue weighted by Gasteiger charge is 2.13. The summed E-state index contributed by atoms with van der Waals surface area (Å²) in [4.78, 5) is 8.89. The molecule has 1 saturated heterocycles. The maximum absolute atomic E-state index is 5.80. The number of nitrogens with zero attached hydrogens (tertiary/aromatic N) is 3. The van der Waals surface area contributed by atoms with Crippen LogP contribution in [-0.4, -0.2) is 61.6 Å². The second kappa shape index (κ2) is 16.0. The van der Waals surface area contributed by atoms with Crippen LogP contribution in [0, 0.1) is 12.8 Å². The highest BCUT2D eigenvalue weighted by Crippen LogP contribution is 2.14. The largest absolute Gasteiger partial charge is 0.381 e. The van der Waals surface area contributed by atoms with Crippen molar-refractivity contribution in [3.8, 4) is 0 Å². The fraction of sp³-hybridized carbons (Fsp3) is 0.800. The minimum Gasteiger partial charge on any atom is -0.381 e. The molecule has 0 amide bonds. The number of aromatic nitrogens is 2. The fourth-order valence-electron chi connectivity index (χ4n) is 3.12. The first-order valence-electron chi connectivity index (χ1n) is 10.4. The van der Waals surface area contributed by atoms with Gasteiger partial charge in [-0.05, 0) is 51.9 Å². The molecule has 0 aliphatic carbocycles. The molecule has 2 heterocycles. The Balaban J connectivity index is 0.00000392. The van der Waals surface area contributed by atoms with Crippen molar-refractivity contribution in [1.29, 1.82) is 0 Å².